The highest BCUT2D eigenvalue weighted by Crippen LogP contribution is 2.19. The van der Waals surface area contributed by atoms with E-state index in [4.69, 9.17) is 0 Å². The molecule has 1 amide bonds. The lowest BCUT2D eigenvalue weighted by molar-refractivity contribution is 0.0946. The van der Waals surface area contributed by atoms with E-state index in [0.29, 0.717) is 0 Å². The van der Waals surface area contributed by atoms with Crippen LogP contribution in [0.15, 0.2) is 65.8 Å². The molecule has 1 heterocycles. The fourth-order valence-corrected chi connectivity index (χ4v) is 4.49. The highest BCUT2D eigenvalue weighted by atomic mass is 32.2. The fraction of sp³-hybridized carbons (Fsp3) is 0.238. The number of para-hydroxylation sites is 1. The predicted octanol–water partition coefficient (Wildman–Crippen LogP) is 2.97. The van der Waals surface area contributed by atoms with Gasteiger partial charge in [-0.2, -0.15) is 9.40 Å². The van der Waals surface area contributed by atoms with Crippen molar-refractivity contribution in [3.8, 4) is 5.69 Å². The maximum absolute atomic E-state index is 14.2. The molecule has 0 aliphatic heterocycles. The molecule has 2 aromatic carbocycles. The molecule has 0 saturated heterocycles. The summed E-state index contributed by atoms with van der Waals surface area (Å²) in [5, 5.41) is 6.86. The van der Waals surface area contributed by atoms with Crippen molar-refractivity contribution in [3.63, 3.8) is 0 Å². The van der Waals surface area contributed by atoms with Crippen molar-refractivity contribution in [1.29, 1.82) is 0 Å². The van der Waals surface area contributed by atoms with Crippen molar-refractivity contribution in [3.05, 3.63) is 77.9 Å². The van der Waals surface area contributed by atoms with Gasteiger partial charge < -0.3 is 5.32 Å². The Morgan fingerprint density at radius 1 is 1.13 bits per heavy atom. The maximum atomic E-state index is 14.2. The zero-order chi connectivity index (χ0) is 21.7. The van der Waals surface area contributed by atoms with Crippen LogP contribution in [-0.2, 0) is 16.6 Å². The van der Waals surface area contributed by atoms with Crippen LogP contribution in [0, 0.1) is 5.82 Å². The average molecular weight is 431 g/mol. The van der Waals surface area contributed by atoms with Gasteiger partial charge in [0.05, 0.1) is 22.3 Å². The normalized spacial score (nSPS) is 11.6. The van der Waals surface area contributed by atoms with Crippen molar-refractivity contribution in [1.82, 2.24) is 19.4 Å². The van der Waals surface area contributed by atoms with E-state index in [2.05, 4.69) is 10.4 Å². The summed E-state index contributed by atoms with van der Waals surface area (Å²) in [6.45, 7) is 4.12. The first kappa shape index (κ1) is 21.7. The molecule has 158 valence electrons. The molecule has 0 fully saturated rings. The Kier molecular flexibility index (Phi) is 6.63. The zero-order valence-electron chi connectivity index (χ0n) is 16.7. The molecule has 0 saturated carbocycles. The number of hydrogen-bond donors (Lipinski definition) is 1. The third-order valence-electron chi connectivity index (χ3n) is 4.64. The van der Waals surface area contributed by atoms with E-state index in [-0.39, 0.29) is 30.1 Å². The second-order valence-corrected chi connectivity index (χ2v) is 8.48. The summed E-state index contributed by atoms with van der Waals surface area (Å²) in [6, 6.07) is 12.7. The molecule has 0 radical (unpaired) electrons. The van der Waals surface area contributed by atoms with Crippen LogP contribution >= 0.6 is 0 Å². The summed E-state index contributed by atoms with van der Waals surface area (Å²) in [7, 11) is -3.80. The van der Waals surface area contributed by atoms with E-state index in [1.807, 2.05) is 30.3 Å². The van der Waals surface area contributed by atoms with Crippen LogP contribution in [0.4, 0.5) is 4.39 Å². The molecule has 1 aromatic heterocycles. The van der Waals surface area contributed by atoms with E-state index in [0.717, 1.165) is 23.4 Å². The number of hydrogen-bond acceptors (Lipinski definition) is 4. The second kappa shape index (κ2) is 9.19. The van der Waals surface area contributed by atoms with E-state index in [1.54, 1.807) is 30.9 Å². The van der Waals surface area contributed by atoms with E-state index < -0.39 is 21.7 Å². The molecule has 0 aliphatic rings. The molecule has 0 atom stereocenters. The molecule has 0 bridgehead atoms. The Morgan fingerprint density at radius 2 is 1.83 bits per heavy atom. The van der Waals surface area contributed by atoms with Gasteiger partial charge in [-0.05, 0) is 30.3 Å². The summed E-state index contributed by atoms with van der Waals surface area (Å²) < 4.78 is 42.5. The minimum Gasteiger partial charge on any atom is -0.348 e. The smallest absolute Gasteiger partial charge is 0.254 e. The third-order valence-corrected chi connectivity index (χ3v) is 6.68. The monoisotopic (exact) mass is 430 g/mol. The highest BCUT2D eigenvalue weighted by molar-refractivity contribution is 7.89. The summed E-state index contributed by atoms with van der Waals surface area (Å²) in [6.07, 6.45) is 3.36. The Hall–Kier alpha value is -3.04. The lowest BCUT2D eigenvalue weighted by Crippen LogP contribution is -2.31. The van der Waals surface area contributed by atoms with Gasteiger partial charge in [-0.25, -0.2) is 17.5 Å². The van der Waals surface area contributed by atoms with E-state index in [9.17, 15) is 17.6 Å². The van der Waals surface area contributed by atoms with Gasteiger partial charge in [-0.15, -0.1) is 0 Å². The predicted molar refractivity (Wildman–Crippen MR) is 111 cm³/mol. The molecule has 1 N–H and O–H groups in total. The third kappa shape index (κ3) is 4.58. The molecule has 9 heteroatoms. The lowest BCUT2D eigenvalue weighted by atomic mass is 10.2. The average Bonchev–Trinajstić information content (AvgIpc) is 3.22. The number of benzene rings is 2. The Labute approximate surface area is 175 Å². The number of carbonyl (C=O) groups is 1. The Balaban J connectivity index is 1.75. The summed E-state index contributed by atoms with van der Waals surface area (Å²) in [5.41, 5.74) is 1.27. The van der Waals surface area contributed by atoms with Gasteiger partial charge in [0.15, 0.2) is 0 Å². The number of amides is 1. The van der Waals surface area contributed by atoms with Crippen LogP contribution < -0.4 is 5.32 Å². The molecule has 0 unspecified atom stereocenters. The van der Waals surface area contributed by atoms with Gasteiger partial charge >= 0.3 is 0 Å². The van der Waals surface area contributed by atoms with Crippen molar-refractivity contribution in [2.45, 2.75) is 25.3 Å². The van der Waals surface area contributed by atoms with Crippen LogP contribution in [0.1, 0.15) is 29.8 Å². The van der Waals surface area contributed by atoms with Gasteiger partial charge in [0, 0.05) is 31.4 Å². The summed E-state index contributed by atoms with van der Waals surface area (Å²) in [4.78, 5) is 12.4. The van der Waals surface area contributed by atoms with Crippen LogP contribution in [0.3, 0.4) is 0 Å². The van der Waals surface area contributed by atoms with Gasteiger partial charge in [0.1, 0.15) is 5.82 Å². The van der Waals surface area contributed by atoms with Gasteiger partial charge in [-0.3, -0.25) is 4.79 Å². The lowest BCUT2D eigenvalue weighted by Gasteiger charge is -2.18. The first-order valence-corrected chi connectivity index (χ1v) is 11.0. The standard InChI is InChI=1S/C21H23FN4O3S/c1-3-25(4-2)30(28,29)18-10-11-20(22)19(12-18)21(27)23-13-16-14-24-26(15-16)17-8-6-5-7-9-17/h5-12,14-15H,3-4,13H2,1-2H3,(H,23,27). The number of rotatable bonds is 8. The van der Waals surface area contributed by atoms with Crippen LogP contribution in [0.25, 0.3) is 5.69 Å². The van der Waals surface area contributed by atoms with E-state index in [1.165, 1.54) is 10.4 Å². The van der Waals surface area contributed by atoms with Crippen molar-refractivity contribution < 1.29 is 17.6 Å². The first-order valence-electron chi connectivity index (χ1n) is 9.53. The van der Waals surface area contributed by atoms with Crippen LogP contribution in [-0.4, -0.2) is 41.5 Å². The molecule has 3 aromatic rings. The molecule has 0 aliphatic carbocycles. The number of halogens is 1. The number of carbonyl (C=O) groups excluding carboxylic acids is 1. The van der Waals surface area contributed by atoms with Crippen molar-refractivity contribution in [2.75, 3.05) is 13.1 Å². The van der Waals surface area contributed by atoms with Crippen molar-refractivity contribution >= 4 is 15.9 Å². The summed E-state index contributed by atoms with van der Waals surface area (Å²) in [5.74, 6) is -1.48. The molecule has 30 heavy (non-hydrogen) atoms. The quantitative estimate of drug-likeness (QED) is 0.596. The minimum absolute atomic E-state index is 0.116. The van der Waals surface area contributed by atoms with Gasteiger partial charge in [0.2, 0.25) is 10.0 Å². The number of nitrogens with one attached hydrogen (secondary N) is 1. The molecular weight excluding hydrogens is 407 g/mol. The highest BCUT2D eigenvalue weighted by Gasteiger charge is 2.24. The molecular formula is C21H23FN4O3S. The maximum Gasteiger partial charge on any atom is 0.254 e. The fourth-order valence-electron chi connectivity index (χ4n) is 3.00. The van der Waals surface area contributed by atoms with Crippen LogP contribution in [0.2, 0.25) is 0 Å². The number of nitrogens with zero attached hydrogens (tertiary/aromatic N) is 3. The molecule has 0 spiro atoms. The minimum atomic E-state index is -3.80. The van der Waals surface area contributed by atoms with Crippen molar-refractivity contribution in [2.24, 2.45) is 0 Å². The second-order valence-electron chi connectivity index (χ2n) is 6.54. The zero-order valence-corrected chi connectivity index (χ0v) is 17.6. The number of sulfonamides is 1. The SMILES string of the molecule is CCN(CC)S(=O)(=O)c1ccc(F)c(C(=O)NCc2cnn(-c3ccccc3)c2)c1. The number of aromatic nitrogens is 2. The van der Waals surface area contributed by atoms with E-state index >= 15 is 0 Å². The van der Waals surface area contributed by atoms with Gasteiger partial charge in [0.25, 0.3) is 5.91 Å². The Bertz CT molecular complexity index is 1130. The molecule has 3 rings (SSSR count). The first-order chi connectivity index (χ1) is 14.4. The summed E-state index contributed by atoms with van der Waals surface area (Å²) >= 11 is 0. The largest absolute Gasteiger partial charge is 0.348 e. The van der Waals surface area contributed by atoms with Crippen LogP contribution in [0.5, 0.6) is 0 Å². The van der Waals surface area contributed by atoms with Gasteiger partial charge in [-0.1, -0.05) is 32.0 Å². The Morgan fingerprint density at radius 3 is 2.50 bits per heavy atom. The molecule has 7 nitrogen and oxygen atoms in total. The topological polar surface area (TPSA) is 84.3 Å².